The van der Waals surface area contributed by atoms with Crippen molar-refractivity contribution in [2.75, 3.05) is 6.54 Å². The van der Waals surface area contributed by atoms with Crippen LogP contribution in [-0.4, -0.2) is 39.5 Å². The van der Waals surface area contributed by atoms with Crippen molar-refractivity contribution in [1.29, 1.82) is 0 Å². The lowest BCUT2D eigenvalue weighted by Crippen LogP contribution is -2.45. The van der Waals surface area contributed by atoms with Crippen molar-refractivity contribution >= 4 is 24.6 Å². The van der Waals surface area contributed by atoms with Crippen molar-refractivity contribution in [2.45, 2.75) is 24.6 Å². The Morgan fingerprint density at radius 3 is 1.71 bits per heavy atom. The molecule has 14 heavy (non-hydrogen) atoms. The molecule has 0 amide bonds. The van der Waals surface area contributed by atoms with Crippen LogP contribution < -0.4 is 11.5 Å². The zero-order valence-electron chi connectivity index (χ0n) is 8.10. The number of rotatable bonds is 3. The molecule has 0 aliphatic rings. The number of aliphatic carboxylic acids is 2. The average molecular weight is 224 g/mol. The van der Waals surface area contributed by atoms with Gasteiger partial charge in [0.1, 0.15) is 6.04 Å². The lowest BCUT2D eigenvalue weighted by Gasteiger charge is -2.21. The van der Waals surface area contributed by atoms with Gasteiger partial charge in [-0.3, -0.25) is 9.59 Å². The molecule has 0 bridgehead atoms. The third-order valence-corrected chi connectivity index (χ3v) is 1.48. The Morgan fingerprint density at radius 2 is 1.71 bits per heavy atom. The monoisotopic (exact) mass is 224 g/mol. The van der Waals surface area contributed by atoms with Crippen LogP contribution in [0.15, 0.2) is 0 Å². The average Bonchev–Trinajstić information content (AvgIpc) is 2.02. The molecule has 7 heteroatoms. The Labute approximate surface area is 87.7 Å². The van der Waals surface area contributed by atoms with Crippen LogP contribution in [0.25, 0.3) is 0 Å². The molecule has 0 saturated carbocycles. The molecule has 0 aromatic carbocycles. The lowest BCUT2D eigenvalue weighted by molar-refractivity contribution is -0.139. The summed E-state index contributed by atoms with van der Waals surface area (Å²) in [6, 6.07) is -0.902. The van der Waals surface area contributed by atoms with E-state index in [9.17, 15) is 9.59 Å². The summed E-state index contributed by atoms with van der Waals surface area (Å²) in [5.74, 6) is -1.99. The molecule has 0 fully saturated rings. The minimum Gasteiger partial charge on any atom is -0.480 e. The van der Waals surface area contributed by atoms with Crippen LogP contribution in [0.5, 0.6) is 0 Å². The summed E-state index contributed by atoms with van der Waals surface area (Å²) < 4.78 is -0.647. The molecule has 0 aromatic rings. The highest BCUT2D eigenvalue weighted by atomic mass is 32.1. The molecule has 0 saturated heterocycles. The normalized spacial score (nSPS) is 12.4. The first-order valence-electron chi connectivity index (χ1n) is 3.75. The van der Waals surface area contributed by atoms with Gasteiger partial charge in [0, 0.05) is 4.75 Å². The molecule has 0 spiro atoms. The van der Waals surface area contributed by atoms with Gasteiger partial charge < -0.3 is 21.7 Å². The minimum absolute atomic E-state index is 0.278. The number of nitrogens with two attached hydrogens (primary N) is 2. The maximum absolute atomic E-state index is 10.2. The van der Waals surface area contributed by atoms with Crippen LogP contribution in [0.4, 0.5) is 0 Å². The summed E-state index contributed by atoms with van der Waals surface area (Å²) >= 11 is 3.98. The zero-order chi connectivity index (χ0) is 11.9. The van der Waals surface area contributed by atoms with E-state index in [-0.39, 0.29) is 6.54 Å². The molecule has 0 aliphatic carbocycles. The van der Waals surface area contributed by atoms with Crippen molar-refractivity contribution < 1.29 is 19.8 Å². The van der Waals surface area contributed by atoms with Gasteiger partial charge in [-0.05, 0) is 13.8 Å². The molecular weight excluding hydrogens is 208 g/mol. The topological polar surface area (TPSA) is 127 Å². The van der Waals surface area contributed by atoms with E-state index < -0.39 is 22.7 Å². The Morgan fingerprint density at radius 1 is 1.43 bits per heavy atom. The van der Waals surface area contributed by atoms with Crippen LogP contribution in [0.3, 0.4) is 0 Å². The molecule has 6 nitrogen and oxygen atoms in total. The molecule has 84 valence electrons. The van der Waals surface area contributed by atoms with E-state index in [1.165, 1.54) is 0 Å². The van der Waals surface area contributed by atoms with E-state index in [1.54, 1.807) is 13.8 Å². The van der Waals surface area contributed by atoms with Crippen molar-refractivity contribution in [3.05, 3.63) is 0 Å². The van der Waals surface area contributed by atoms with E-state index in [4.69, 9.17) is 15.9 Å². The number of carboxylic acids is 2. The summed E-state index contributed by atoms with van der Waals surface area (Å²) in [5.41, 5.74) is 9.79. The molecule has 1 atom stereocenters. The van der Waals surface area contributed by atoms with E-state index in [1.807, 2.05) is 0 Å². The largest absolute Gasteiger partial charge is 0.480 e. The van der Waals surface area contributed by atoms with Gasteiger partial charge >= 0.3 is 11.9 Å². The van der Waals surface area contributed by atoms with Gasteiger partial charge in [0.15, 0.2) is 0 Å². The Hall–Kier alpha value is -0.790. The smallest absolute Gasteiger partial charge is 0.321 e. The van der Waals surface area contributed by atoms with E-state index in [0.29, 0.717) is 0 Å². The van der Waals surface area contributed by atoms with Gasteiger partial charge in [0.05, 0.1) is 6.54 Å². The predicted molar refractivity (Wildman–Crippen MR) is 55.4 cm³/mol. The molecular formula is C7H16N2O4S. The van der Waals surface area contributed by atoms with Gasteiger partial charge in [0.2, 0.25) is 0 Å². The summed E-state index contributed by atoms with van der Waals surface area (Å²) in [4.78, 5) is 19.4. The van der Waals surface area contributed by atoms with E-state index in [0.717, 1.165) is 0 Å². The highest BCUT2D eigenvalue weighted by Crippen LogP contribution is 2.15. The predicted octanol–water partition coefficient (Wildman–Crippen LogP) is -0.864. The van der Waals surface area contributed by atoms with Crippen molar-refractivity contribution in [3.8, 4) is 0 Å². The van der Waals surface area contributed by atoms with E-state index in [2.05, 4.69) is 18.4 Å². The molecule has 0 unspecified atom stereocenters. The summed E-state index contributed by atoms with van der Waals surface area (Å²) in [7, 11) is 0. The highest BCUT2D eigenvalue weighted by Gasteiger charge is 2.27. The van der Waals surface area contributed by atoms with Crippen LogP contribution in [0.2, 0.25) is 0 Å². The fraction of sp³-hybridized carbons (Fsp3) is 0.714. The zero-order valence-corrected chi connectivity index (χ0v) is 8.99. The summed E-state index contributed by atoms with van der Waals surface area (Å²) in [6.07, 6.45) is 0. The second-order valence-corrected chi connectivity index (χ2v) is 4.22. The van der Waals surface area contributed by atoms with E-state index >= 15 is 0 Å². The molecule has 0 aromatic heterocycles. The summed E-state index contributed by atoms with van der Waals surface area (Å²) in [6.45, 7) is 3.05. The van der Waals surface area contributed by atoms with Crippen LogP contribution >= 0.6 is 12.6 Å². The minimum atomic E-state index is -1.02. The van der Waals surface area contributed by atoms with Crippen LogP contribution in [0.1, 0.15) is 13.8 Å². The molecule has 0 aliphatic heterocycles. The number of thiol groups is 1. The maximum atomic E-state index is 10.2. The van der Waals surface area contributed by atoms with Gasteiger partial charge in [-0.1, -0.05) is 0 Å². The van der Waals surface area contributed by atoms with Crippen molar-refractivity contribution in [3.63, 3.8) is 0 Å². The number of carboxylic acid groups (broad SMARTS) is 2. The lowest BCUT2D eigenvalue weighted by atomic mass is 10.1. The van der Waals surface area contributed by atoms with Crippen molar-refractivity contribution in [2.24, 2.45) is 11.5 Å². The third-order valence-electron chi connectivity index (χ3n) is 1.20. The Kier molecular flexibility index (Phi) is 7.42. The second-order valence-electron chi connectivity index (χ2n) is 3.07. The molecule has 0 heterocycles. The Bertz CT molecular complexity index is 202. The van der Waals surface area contributed by atoms with Gasteiger partial charge in [0.25, 0.3) is 0 Å². The standard InChI is InChI=1S/C5H11NO2S.C2H5NO2/c1-5(2,9)3(6)4(7)8;3-1-2(4)5/h3,9H,6H2,1-2H3,(H,7,8);1,3H2,(H,4,5)/t3-;/m0./s1. The molecule has 0 radical (unpaired) electrons. The van der Waals surface area contributed by atoms with Crippen LogP contribution in [0, 0.1) is 0 Å². The maximum Gasteiger partial charge on any atom is 0.321 e. The van der Waals surface area contributed by atoms with Gasteiger partial charge in [-0.25, -0.2) is 0 Å². The fourth-order valence-electron chi connectivity index (χ4n) is 0.302. The first kappa shape index (κ1) is 15.7. The quantitative estimate of drug-likeness (QED) is 0.397. The third kappa shape index (κ3) is 9.30. The fourth-order valence-corrected chi connectivity index (χ4v) is 0.413. The second kappa shape index (κ2) is 6.63. The summed E-state index contributed by atoms with van der Waals surface area (Å²) in [5, 5.41) is 15.9. The van der Waals surface area contributed by atoms with Crippen LogP contribution in [-0.2, 0) is 9.59 Å². The highest BCUT2D eigenvalue weighted by molar-refractivity contribution is 7.81. The molecule has 0 rings (SSSR count). The first-order valence-corrected chi connectivity index (χ1v) is 4.20. The first-order chi connectivity index (χ1) is 6.12. The number of carbonyl (C=O) groups is 2. The van der Waals surface area contributed by atoms with Gasteiger partial charge in [-0.15, -0.1) is 0 Å². The number of hydrogen-bond donors (Lipinski definition) is 5. The SMILES string of the molecule is CC(C)(S)[C@@H](N)C(=O)O.NCC(=O)O. The molecule has 6 N–H and O–H groups in total. The Balaban J connectivity index is 0. The number of hydrogen-bond acceptors (Lipinski definition) is 5. The van der Waals surface area contributed by atoms with Crippen molar-refractivity contribution in [1.82, 2.24) is 0 Å². The van der Waals surface area contributed by atoms with Gasteiger partial charge in [-0.2, -0.15) is 12.6 Å².